The summed E-state index contributed by atoms with van der Waals surface area (Å²) in [5.41, 5.74) is 6.04. The van der Waals surface area contributed by atoms with Crippen LogP contribution in [0.15, 0.2) is 0 Å². The molecule has 0 radical (unpaired) electrons. The van der Waals surface area contributed by atoms with Crippen LogP contribution in [0.25, 0.3) is 0 Å². The predicted octanol–water partition coefficient (Wildman–Crippen LogP) is 2.25. The topological polar surface area (TPSA) is 63.3 Å². The van der Waals surface area contributed by atoms with E-state index in [-0.39, 0.29) is 22.7 Å². The van der Waals surface area contributed by atoms with Crippen LogP contribution in [0.4, 0.5) is 0 Å². The van der Waals surface area contributed by atoms with Gasteiger partial charge in [0.05, 0.1) is 6.42 Å². The normalized spacial score (nSPS) is 36.1. The lowest BCUT2D eigenvalue weighted by Gasteiger charge is -2.60. The van der Waals surface area contributed by atoms with Crippen molar-refractivity contribution in [3.63, 3.8) is 0 Å². The standard InChI is InChI=1S/C12H23NO2/c1-10(2,3)11(4)6-12(7-11,8-13)5-9(14)15/h5-8,13H2,1-4H3,(H,14,15)/t11-,12-. The zero-order valence-electron chi connectivity index (χ0n) is 10.3. The van der Waals surface area contributed by atoms with Gasteiger partial charge >= 0.3 is 5.97 Å². The molecule has 0 saturated heterocycles. The van der Waals surface area contributed by atoms with Crippen molar-refractivity contribution in [3.05, 3.63) is 0 Å². The molecule has 88 valence electrons. The van der Waals surface area contributed by atoms with Crippen LogP contribution in [0.2, 0.25) is 0 Å². The monoisotopic (exact) mass is 213 g/mol. The molecule has 0 amide bonds. The number of carboxylic acids is 1. The summed E-state index contributed by atoms with van der Waals surface area (Å²) in [4.78, 5) is 10.8. The Kier molecular flexibility index (Phi) is 2.90. The van der Waals surface area contributed by atoms with Crippen molar-refractivity contribution in [1.82, 2.24) is 0 Å². The second kappa shape index (κ2) is 3.48. The molecule has 0 bridgehead atoms. The van der Waals surface area contributed by atoms with E-state index in [1.54, 1.807) is 0 Å². The Morgan fingerprint density at radius 3 is 2.13 bits per heavy atom. The van der Waals surface area contributed by atoms with Crippen LogP contribution in [0.3, 0.4) is 0 Å². The molecule has 0 atom stereocenters. The molecule has 1 rings (SSSR count). The average molecular weight is 213 g/mol. The van der Waals surface area contributed by atoms with Gasteiger partial charge in [-0.1, -0.05) is 27.7 Å². The number of nitrogens with two attached hydrogens (primary N) is 1. The lowest BCUT2D eigenvalue weighted by molar-refractivity contribution is -0.150. The minimum Gasteiger partial charge on any atom is -0.481 e. The smallest absolute Gasteiger partial charge is 0.303 e. The lowest BCUT2D eigenvalue weighted by atomic mass is 9.45. The molecule has 0 aromatic rings. The fourth-order valence-electron chi connectivity index (χ4n) is 2.80. The van der Waals surface area contributed by atoms with Crippen molar-refractivity contribution < 1.29 is 9.90 Å². The summed E-state index contributed by atoms with van der Waals surface area (Å²) >= 11 is 0. The van der Waals surface area contributed by atoms with Gasteiger partial charge in [0.25, 0.3) is 0 Å². The van der Waals surface area contributed by atoms with Gasteiger partial charge in [-0.25, -0.2) is 0 Å². The van der Waals surface area contributed by atoms with Crippen molar-refractivity contribution in [2.75, 3.05) is 6.54 Å². The summed E-state index contributed by atoms with van der Waals surface area (Å²) in [5, 5.41) is 8.86. The average Bonchev–Trinajstić information content (AvgIpc) is 1.97. The number of hydrogen-bond donors (Lipinski definition) is 2. The number of aliphatic carboxylic acids is 1. The van der Waals surface area contributed by atoms with Gasteiger partial charge in [0.15, 0.2) is 0 Å². The number of hydrogen-bond acceptors (Lipinski definition) is 2. The first kappa shape index (κ1) is 12.5. The molecular weight excluding hydrogens is 190 g/mol. The molecule has 0 aromatic heterocycles. The Morgan fingerprint density at radius 1 is 1.40 bits per heavy atom. The number of carbonyl (C=O) groups is 1. The summed E-state index contributed by atoms with van der Waals surface area (Å²) in [7, 11) is 0. The first-order valence-corrected chi connectivity index (χ1v) is 5.56. The fourth-order valence-corrected chi connectivity index (χ4v) is 2.80. The quantitative estimate of drug-likeness (QED) is 0.755. The molecule has 1 aliphatic carbocycles. The summed E-state index contributed by atoms with van der Waals surface area (Å²) in [6, 6.07) is 0. The van der Waals surface area contributed by atoms with E-state index in [9.17, 15) is 4.79 Å². The Balaban J connectivity index is 2.70. The van der Waals surface area contributed by atoms with Gasteiger partial charge in [-0.05, 0) is 35.6 Å². The summed E-state index contributed by atoms with van der Waals surface area (Å²) in [6.45, 7) is 9.38. The minimum atomic E-state index is -0.726. The molecule has 15 heavy (non-hydrogen) atoms. The molecule has 0 aliphatic heterocycles. The van der Waals surface area contributed by atoms with Crippen LogP contribution in [0.1, 0.15) is 47.0 Å². The Morgan fingerprint density at radius 2 is 1.87 bits per heavy atom. The van der Waals surface area contributed by atoms with Crippen LogP contribution >= 0.6 is 0 Å². The molecule has 1 aliphatic rings. The van der Waals surface area contributed by atoms with E-state index in [0.29, 0.717) is 6.54 Å². The first-order valence-electron chi connectivity index (χ1n) is 5.56. The minimum absolute atomic E-state index is 0.145. The van der Waals surface area contributed by atoms with E-state index in [1.807, 2.05) is 0 Å². The maximum Gasteiger partial charge on any atom is 0.303 e. The maximum absolute atomic E-state index is 10.8. The molecule has 0 heterocycles. The van der Waals surface area contributed by atoms with Crippen LogP contribution in [-0.2, 0) is 4.79 Å². The molecule has 0 aromatic carbocycles. The van der Waals surface area contributed by atoms with E-state index in [0.717, 1.165) is 12.8 Å². The van der Waals surface area contributed by atoms with Gasteiger partial charge in [0, 0.05) is 0 Å². The highest BCUT2D eigenvalue weighted by Gasteiger charge is 2.56. The van der Waals surface area contributed by atoms with Gasteiger partial charge < -0.3 is 10.8 Å². The molecule has 3 N–H and O–H groups in total. The molecule has 0 spiro atoms. The zero-order valence-corrected chi connectivity index (χ0v) is 10.3. The molecule has 3 heteroatoms. The van der Waals surface area contributed by atoms with Gasteiger partial charge in [0.2, 0.25) is 0 Å². The molecular formula is C12H23NO2. The molecule has 1 saturated carbocycles. The van der Waals surface area contributed by atoms with Crippen molar-refractivity contribution in [2.24, 2.45) is 22.0 Å². The molecule has 1 fully saturated rings. The highest BCUT2D eigenvalue weighted by Crippen LogP contribution is 2.63. The van der Waals surface area contributed by atoms with Crippen molar-refractivity contribution in [2.45, 2.75) is 47.0 Å². The Labute approximate surface area is 92.0 Å². The highest BCUT2D eigenvalue weighted by molar-refractivity contribution is 5.68. The Hall–Kier alpha value is -0.570. The van der Waals surface area contributed by atoms with E-state index in [4.69, 9.17) is 10.8 Å². The number of carboxylic acid groups (broad SMARTS) is 1. The van der Waals surface area contributed by atoms with Crippen LogP contribution < -0.4 is 5.73 Å². The van der Waals surface area contributed by atoms with Gasteiger partial charge in [-0.15, -0.1) is 0 Å². The number of rotatable bonds is 3. The van der Waals surface area contributed by atoms with E-state index in [2.05, 4.69) is 27.7 Å². The summed E-state index contributed by atoms with van der Waals surface area (Å²) in [5.74, 6) is -0.726. The largest absolute Gasteiger partial charge is 0.481 e. The SMILES string of the molecule is CC(C)(C)[C@]1(C)C[C@](CN)(CC(=O)O)C1. The predicted molar refractivity (Wildman–Crippen MR) is 60.5 cm³/mol. The van der Waals surface area contributed by atoms with E-state index in [1.165, 1.54) is 0 Å². The van der Waals surface area contributed by atoms with Gasteiger partial charge in [-0.2, -0.15) is 0 Å². The third-order valence-electron chi connectivity index (χ3n) is 4.30. The van der Waals surface area contributed by atoms with E-state index < -0.39 is 5.97 Å². The van der Waals surface area contributed by atoms with Gasteiger partial charge in [0.1, 0.15) is 0 Å². The Bertz CT molecular complexity index is 259. The van der Waals surface area contributed by atoms with Crippen LogP contribution in [0.5, 0.6) is 0 Å². The fraction of sp³-hybridized carbons (Fsp3) is 0.917. The molecule has 0 unspecified atom stereocenters. The lowest BCUT2D eigenvalue weighted by Crippen LogP contribution is -2.55. The second-order valence-electron chi connectivity index (χ2n) is 6.44. The van der Waals surface area contributed by atoms with Gasteiger partial charge in [-0.3, -0.25) is 4.79 Å². The zero-order chi connectivity index (χ0) is 11.9. The van der Waals surface area contributed by atoms with Crippen molar-refractivity contribution >= 4 is 5.97 Å². The third-order valence-corrected chi connectivity index (χ3v) is 4.30. The summed E-state index contributed by atoms with van der Waals surface area (Å²) < 4.78 is 0. The van der Waals surface area contributed by atoms with Crippen molar-refractivity contribution in [1.29, 1.82) is 0 Å². The summed E-state index contributed by atoms with van der Waals surface area (Å²) in [6.07, 6.45) is 2.09. The van der Waals surface area contributed by atoms with E-state index >= 15 is 0 Å². The third kappa shape index (κ3) is 2.17. The molecule has 3 nitrogen and oxygen atoms in total. The second-order valence-corrected chi connectivity index (χ2v) is 6.44. The first-order chi connectivity index (χ1) is 6.64. The maximum atomic E-state index is 10.8. The van der Waals surface area contributed by atoms with Crippen LogP contribution in [0, 0.1) is 16.2 Å². The highest BCUT2D eigenvalue weighted by atomic mass is 16.4. The van der Waals surface area contributed by atoms with Crippen LogP contribution in [-0.4, -0.2) is 17.6 Å². The van der Waals surface area contributed by atoms with Crippen molar-refractivity contribution in [3.8, 4) is 0 Å².